The van der Waals surface area contributed by atoms with E-state index >= 15 is 0 Å². The van der Waals surface area contributed by atoms with E-state index in [0.717, 1.165) is 21.9 Å². The van der Waals surface area contributed by atoms with Crippen molar-refractivity contribution in [2.24, 2.45) is 7.05 Å². The van der Waals surface area contributed by atoms with E-state index in [4.69, 9.17) is 76.1 Å². The van der Waals surface area contributed by atoms with Crippen molar-refractivity contribution in [2.75, 3.05) is 6.61 Å². The van der Waals surface area contributed by atoms with Crippen molar-refractivity contribution in [3.63, 3.8) is 0 Å². The summed E-state index contributed by atoms with van der Waals surface area (Å²) < 4.78 is 7.28. The first-order valence-electron chi connectivity index (χ1n) is 15.1. The number of halogens is 4. The first-order chi connectivity index (χ1) is 24.2. The maximum Gasteiger partial charge on any atom is 0.341 e. The number of hydrogen-bond donors (Lipinski definition) is 3. The van der Waals surface area contributed by atoms with E-state index in [-0.39, 0.29) is 20.1 Å². The van der Waals surface area contributed by atoms with E-state index < -0.39 is 12.6 Å². The molecule has 2 aliphatic rings. The maximum atomic E-state index is 11.3. The fourth-order valence-electron chi connectivity index (χ4n) is 6.34. The molecule has 15 heteroatoms. The number of carboxylic acid groups (broad SMARTS) is 1. The van der Waals surface area contributed by atoms with Crippen LogP contribution in [0.15, 0.2) is 66.7 Å². The molecular weight excluding hydrogens is 722 g/mol. The normalized spacial score (nSPS) is 11.9. The fourth-order valence-corrected chi connectivity index (χ4v) is 7.36. The molecule has 0 spiro atoms. The summed E-state index contributed by atoms with van der Waals surface area (Å²) in [5.41, 5.74) is 4.34. The molecule has 0 fully saturated rings. The Hall–Kier alpha value is -5.33. The third kappa shape index (κ3) is 4.62. The lowest BCUT2D eigenvalue weighted by Crippen LogP contribution is -2.30. The second-order valence-electron chi connectivity index (χ2n) is 11.5. The number of carbonyl (C=O) groups is 1. The Kier molecular flexibility index (Phi) is 6.98. The molecule has 11 nitrogen and oxygen atoms in total. The molecule has 3 N–H and O–H groups in total. The van der Waals surface area contributed by atoms with Crippen LogP contribution in [0, 0.1) is 0 Å². The summed E-state index contributed by atoms with van der Waals surface area (Å²) in [5.74, 6) is 0.892. The third-order valence-electron chi connectivity index (χ3n) is 8.62. The van der Waals surface area contributed by atoms with Gasteiger partial charge < -0.3 is 19.8 Å². The molecule has 0 saturated heterocycles. The molecular formula is C35H19Cl4N8O3+. The molecule has 0 unspecified atom stereocenters. The van der Waals surface area contributed by atoms with Crippen LogP contribution in [0.5, 0.6) is 5.75 Å². The van der Waals surface area contributed by atoms with E-state index in [0.29, 0.717) is 73.5 Å². The van der Waals surface area contributed by atoms with Crippen molar-refractivity contribution >= 4 is 96.5 Å². The first-order valence-corrected chi connectivity index (χ1v) is 16.6. The lowest BCUT2D eigenvalue weighted by atomic mass is 10.1. The van der Waals surface area contributed by atoms with E-state index in [1.807, 2.05) is 48.5 Å². The lowest BCUT2D eigenvalue weighted by Gasteiger charge is -2.06. The predicted octanol–water partition coefficient (Wildman–Crippen LogP) is 8.38. The van der Waals surface area contributed by atoms with Crippen molar-refractivity contribution in [3.05, 3.63) is 86.8 Å². The molecule has 9 rings (SSSR count). The van der Waals surface area contributed by atoms with Gasteiger partial charge in [0, 0.05) is 32.7 Å². The zero-order chi connectivity index (χ0) is 34.4. The monoisotopic (exact) mass is 739 g/mol. The average molecular weight is 741 g/mol. The quantitative estimate of drug-likeness (QED) is 0.0930. The number of carboxylic acids is 1. The van der Waals surface area contributed by atoms with Crippen LogP contribution in [-0.4, -0.2) is 52.6 Å². The number of aromatic amines is 2. The minimum atomic E-state index is -1.11. The molecule has 2 aliphatic heterocycles. The molecule has 7 aromatic rings. The van der Waals surface area contributed by atoms with Gasteiger partial charge in [-0.1, -0.05) is 98.8 Å². The van der Waals surface area contributed by atoms with Crippen LogP contribution in [0.4, 0.5) is 0 Å². The van der Waals surface area contributed by atoms with Crippen LogP contribution in [0.1, 0.15) is 0 Å². The van der Waals surface area contributed by atoms with Gasteiger partial charge in [-0.2, -0.15) is 0 Å². The highest BCUT2D eigenvalue weighted by atomic mass is 35.5. The number of fused-ring (bicyclic) bond motifs is 20. The molecule has 3 aromatic heterocycles. The molecule has 0 saturated carbocycles. The molecule has 0 atom stereocenters. The average Bonchev–Trinajstić information content (AvgIpc) is 3.83. The van der Waals surface area contributed by atoms with Gasteiger partial charge in [-0.25, -0.2) is 24.3 Å². The van der Waals surface area contributed by atoms with Gasteiger partial charge in [0.2, 0.25) is 11.3 Å². The highest BCUT2D eigenvalue weighted by Gasteiger charge is 2.37. The topological polar surface area (TPSA) is 146 Å². The highest BCUT2D eigenvalue weighted by molar-refractivity contribution is 6.54. The van der Waals surface area contributed by atoms with Crippen LogP contribution in [-0.2, 0) is 11.8 Å². The second kappa shape index (κ2) is 11.4. The number of benzene rings is 4. The van der Waals surface area contributed by atoms with Crippen LogP contribution < -0.4 is 9.30 Å². The summed E-state index contributed by atoms with van der Waals surface area (Å²) in [4.78, 5) is 43.1. The molecule has 0 aliphatic carbocycles. The number of hydrogen-bond acceptors (Lipinski definition) is 7. The van der Waals surface area contributed by atoms with E-state index in [9.17, 15) is 9.90 Å². The first kappa shape index (κ1) is 30.7. The number of H-pyrrole nitrogens is 2. The van der Waals surface area contributed by atoms with Crippen LogP contribution >= 0.6 is 46.4 Å². The number of nitrogens with one attached hydrogen (secondary N) is 2. The van der Waals surface area contributed by atoms with E-state index in [2.05, 4.69) is 9.97 Å². The summed E-state index contributed by atoms with van der Waals surface area (Å²) >= 11 is 27.1. The highest BCUT2D eigenvalue weighted by Crippen LogP contribution is 2.50. The summed E-state index contributed by atoms with van der Waals surface area (Å²) in [7, 11) is 1.78. The Morgan fingerprint density at radius 1 is 0.660 bits per heavy atom. The van der Waals surface area contributed by atoms with Crippen LogP contribution in [0.2, 0.25) is 20.1 Å². The molecule has 0 amide bonds. The zero-order valence-corrected chi connectivity index (χ0v) is 28.5. The molecule has 0 radical (unpaired) electrons. The minimum Gasteiger partial charge on any atom is -0.482 e. The molecule has 5 heterocycles. The largest absolute Gasteiger partial charge is 0.482 e. The van der Waals surface area contributed by atoms with Gasteiger partial charge >= 0.3 is 5.97 Å². The van der Waals surface area contributed by atoms with Crippen molar-refractivity contribution in [1.29, 1.82) is 0 Å². The van der Waals surface area contributed by atoms with Crippen LogP contribution in [0.25, 0.3) is 89.7 Å². The van der Waals surface area contributed by atoms with Crippen molar-refractivity contribution < 1.29 is 19.2 Å². The molecule has 50 heavy (non-hydrogen) atoms. The number of aliphatic carboxylic acids is 1. The van der Waals surface area contributed by atoms with E-state index in [1.54, 1.807) is 29.8 Å². The SMILES string of the molecule is C[n+]1c2nc3[nH]c(nc4nc(nc5[nH]c(nc1-c1c(Cl)c(Cl)c(Cl)c(Cl)c1-2)c1cc(OCC(=O)O)ccc51)-c1ccccc1-4)c1ccccc31. The number of aromatic nitrogens is 8. The Labute approximate surface area is 301 Å². The van der Waals surface area contributed by atoms with Crippen molar-refractivity contribution in [3.8, 4) is 51.3 Å². The summed E-state index contributed by atoms with van der Waals surface area (Å²) in [6.45, 7) is -0.523. The zero-order valence-electron chi connectivity index (χ0n) is 25.5. The molecule has 244 valence electrons. The lowest BCUT2D eigenvalue weighted by molar-refractivity contribution is -0.650. The smallest absolute Gasteiger partial charge is 0.341 e. The minimum absolute atomic E-state index is 0.0675. The van der Waals surface area contributed by atoms with Crippen LogP contribution in [0.3, 0.4) is 0 Å². The summed E-state index contributed by atoms with van der Waals surface area (Å²) in [6.07, 6.45) is 0. The molecule has 4 aromatic carbocycles. The van der Waals surface area contributed by atoms with Crippen molar-refractivity contribution in [2.45, 2.75) is 0 Å². The van der Waals surface area contributed by atoms with E-state index in [1.165, 1.54) is 0 Å². The fraction of sp³-hybridized carbons (Fsp3) is 0.0571. The summed E-state index contributed by atoms with van der Waals surface area (Å²) in [5, 5.41) is 12.6. The van der Waals surface area contributed by atoms with Gasteiger partial charge in [0.05, 0.1) is 38.3 Å². The maximum absolute atomic E-state index is 11.3. The van der Waals surface area contributed by atoms with Gasteiger partial charge in [-0.15, -0.1) is 0 Å². The Morgan fingerprint density at radius 2 is 1.14 bits per heavy atom. The Morgan fingerprint density at radius 3 is 1.68 bits per heavy atom. The van der Waals surface area contributed by atoms with Gasteiger partial charge in [-0.3, -0.25) is 0 Å². The van der Waals surface area contributed by atoms with Gasteiger partial charge in [-0.05, 0) is 24.3 Å². The van der Waals surface area contributed by atoms with Gasteiger partial charge in [0.1, 0.15) is 17.0 Å². The van der Waals surface area contributed by atoms with Gasteiger partial charge in [0.15, 0.2) is 18.3 Å². The third-order valence-corrected chi connectivity index (χ3v) is 10.4. The number of rotatable bonds is 3. The standard InChI is InChI=1S/C35H18Cl4N8O3/c1-47-34-22-23(25(37)27(39)26(38)24(22)36)35(47)46-33-20-12-14(50-13-21(48)49)10-11-19(20)31(44-33)42-29-16-7-3-2-6-15(16)28(40-29)41-30-17-8-4-5-9-18(17)32(43-30)45-34/h2-12H,13H2,1H3,(H2,40,41,42,43,44,45,46,48,49)/p+1. The predicted molar refractivity (Wildman–Crippen MR) is 193 cm³/mol. The molecule has 8 bridgehead atoms. The number of nitrogens with zero attached hydrogens (tertiary/aromatic N) is 6. The Bertz CT molecular complexity index is 2830. The second-order valence-corrected chi connectivity index (χ2v) is 13.1. The van der Waals surface area contributed by atoms with Crippen molar-refractivity contribution in [1.82, 2.24) is 34.9 Å². The number of ether oxygens (including phenoxy) is 1. The van der Waals surface area contributed by atoms with Gasteiger partial charge in [0.25, 0.3) is 11.6 Å². The Balaban J connectivity index is 1.50. The summed E-state index contributed by atoms with van der Waals surface area (Å²) in [6, 6.07) is 20.6.